The molecule has 0 amide bonds. The molecule has 0 radical (unpaired) electrons. The van der Waals surface area contributed by atoms with Gasteiger partial charge in [-0.1, -0.05) is 23.8 Å². The highest BCUT2D eigenvalue weighted by atomic mass is 16.5. The number of hydrogen-bond donors (Lipinski definition) is 1. The molecule has 4 aromatic rings. The monoisotopic (exact) mass is 528 g/mol. The Hall–Kier alpha value is -4.39. The van der Waals surface area contributed by atoms with E-state index in [0.29, 0.717) is 45.8 Å². The van der Waals surface area contributed by atoms with Crippen molar-refractivity contribution in [1.82, 2.24) is 0 Å². The molecule has 1 aliphatic rings. The van der Waals surface area contributed by atoms with Crippen molar-refractivity contribution in [3.8, 4) is 28.7 Å². The maximum Gasteiger partial charge on any atom is 0.204 e. The van der Waals surface area contributed by atoms with Crippen molar-refractivity contribution in [3.63, 3.8) is 0 Å². The lowest BCUT2D eigenvalue weighted by Crippen LogP contribution is -2.27. The van der Waals surface area contributed by atoms with E-state index in [9.17, 15) is 9.90 Å². The van der Waals surface area contributed by atoms with E-state index >= 15 is 0 Å². The largest absolute Gasteiger partial charge is 0.506 e. The lowest BCUT2D eigenvalue weighted by Gasteiger charge is -2.28. The zero-order valence-electron chi connectivity index (χ0n) is 23.0. The first-order valence-corrected chi connectivity index (χ1v) is 12.8. The Balaban J connectivity index is 1.73. The Morgan fingerprint density at radius 1 is 1.05 bits per heavy atom. The van der Waals surface area contributed by atoms with Gasteiger partial charge in [0.2, 0.25) is 5.43 Å². The highest BCUT2D eigenvalue weighted by molar-refractivity contribution is 5.99. The first-order chi connectivity index (χ1) is 18.6. The van der Waals surface area contributed by atoms with Gasteiger partial charge in [0.15, 0.2) is 11.5 Å². The van der Waals surface area contributed by atoms with E-state index in [4.69, 9.17) is 23.4 Å². The number of hydrogen-bond acceptors (Lipinski definition) is 7. The van der Waals surface area contributed by atoms with E-state index in [0.717, 1.165) is 16.9 Å². The summed E-state index contributed by atoms with van der Waals surface area (Å²) in [4.78, 5) is 14.0. The van der Waals surface area contributed by atoms with E-state index in [1.165, 1.54) is 0 Å². The summed E-state index contributed by atoms with van der Waals surface area (Å²) in [6.07, 6.45) is 6.05. The van der Waals surface area contributed by atoms with Crippen molar-refractivity contribution >= 4 is 28.0 Å². The lowest BCUT2D eigenvalue weighted by atomic mass is 9.97. The summed E-state index contributed by atoms with van der Waals surface area (Å²) in [5, 5.41) is 11.6. The predicted molar refractivity (Wildman–Crippen MR) is 152 cm³/mol. The van der Waals surface area contributed by atoms with Crippen LogP contribution in [0.4, 0.5) is 0 Å². The molecule has 0 spiro atoms. The molecule has 1 aliphatic heterocycles. The highest BCUT2D eigenvalue weighted by Crippen LogP contribution is 2.43. The van der Waals surface area contributed by atoms with Crippen LogP contribution in [-0.4, -0.2) is 24.9 Å². The molecule has 39 heavy (non-hydrogen) atoms. The van der Waals surface area contributed by atoms with Gasteiger partial charge in [-0.05, 0) is 64.0 Å². The zero-order valence-corrected chi connectivity index (χ0v) is 23.0. The van der Waals surface area contributed by atoms with E-state index in [2.05, 4.69) is 0 Å². The fourth-order valence-electron chi connectivity index (χ4n) is 4.78. The normalized spacial score (nSPS) is 13.6. The van der Waals surface area contributed by atoms with Crippen molar-refractivity contribution in [2.45, 2.75) is 46.3 Å². The van der Waals surface area contributed by atoms with Gasteiger partial charge in [0, 0.05) is 17.7 Å². The van der Waals surface area contributed by atoms with E-state index in [-0.39, 0.29) is 28.8 Å². The number of fused-ring (bicyclic) bond motifs is 3. The number of ether oxygens (including phenoxy) is 4. The molecule has 0 saturated carbocycles. The number of allylic oxidation sites excluding steroid dienone is 2. The van der Waals surface area contributed by atoms with Gasteiger partial charge in [0.05, 0.1) is 25.2 Å². The molecule has 0 atom stereocenters. The first-order valence-electron chi connectivity index (χ1n) is 12.8. The maximum absolute atomic E-state index is 14.0. The number of methoxy groups -OCH3 is 2. The second kappa shape index (κ2) is 10.1. The average molecular weight is 529 g/mol. The topological polar surface area (TPSA) is 87.4 Å². The summed E-state index contributed by atoms with van der Waals surface area (Å²) >= 11 is 0. The molecule has 7 heteroatoms. The lowest BCUT2D eigenvalue weighted by molar-refractivity contribution is 0.158. The third kappa shape index (κ3) is 4.92. The van der Waals surface area contributed by atoms with Gasteiger partial charge in [-0.3, -0.25) is 4.79 Å². The van der Waals surface area contributed by atoms with Gasteiger partial charge in [-0.15, -0.1) is 0 Å². The van der Waals surface area contributed by atoms with Gasteiger partial charge in [0.25, 0.3) is 0 Å². The molecule has 7 nitrogen and oxygen atoms in total. The molecule has 2 heterocycles. The third-order valence-electron chi connectivity index (χ3n) is 6.72. The summed E-state index contributed by atoms with van der Waals surface area (Å²) in [6.45, 7) is 8.06. The van der Waals surface area contributed by atoms with Crippen molar-refractivity contribution in [3.05, 3.63) is 81.0 Å². The Labute approximate surface area is 226 Å². The second-order valence-electron chi connectivity index (χ2n) is 10.4. The van der Waals surface area contributed by atoms with Crippen LogP contribution in [0.5, 0.6) is 28.7 Å². The van der Waals surface area contributed by atoms with Crippen LogP contribution in [0.25, 0.3) is 28.0 Å². The van der Waals surface area contributed by atoms with Gasteiger partial charge in [-0.2, -0.15) is 0 Å². The van der Waals surface area contributed by atoms with Crippen molar-refractivity contribution < 1.29 is 28.5 Å². The predicted octanol–water partition coefficient (Wildman–Crippen LogP) is 6.94. The molecule has 1 N–H and O–H groups in total. The van der Waals surface area contributed by atoms with E-state index in [1.807, 2.05) is 64.1 Å². The quantitative estimate of drug-likeness (QED) is 0.205. The van der Waals surface area contributed by atoms with Crippen LogP contribution in [0.3, 0.4) is 0 Å². The van der Waals surface area contributed by atoms with Crippen LogP contribution in [0, 0.1) is 0 Å². The van der Waals surface area contributed by atoms with Crippen molar-refractivity contribution in [1.29, 1.82) is 0 Å². The second-order valence-corrected chi connectivity index (χ2v) is 10.4. The van der Waals surface area contributed by atoms with Crippen molar-refractivity contribution in [2.75, 3.05) is 14.2 Å². The van der Waals surface area contributed by atoms with Gasteiger partial charge < -0.3 is 28.5 Å². The molecule has 0 bridgehead atoms. The van der Waals surface area contributed by atoms with Crippen LogP contribution in [0.15, 0.2) is 63.3 Å². The molecule has 202 valence electrons. The van der Waals surface area contributed by atoms with Crippen LogP contribution in [-0.2, 0) is 13.0 Å². The number of phenolic OH excluding ortho intramolecular Hbond substituents is 1. The molecule has 0 saturated heterocycles. The zero-order chi connectivity index (χ0) is 27.9. The van der Waals surface area contributed by atoms with E-state index in [1.54, 1.807) is 32.4 Å². The van der Waals surface area contributed by atoms with Crippen LogP contribution in [0.1, 0.15) is 44.4 Å². The molecule has 0 aliphatic carbocycles. The molecule has 5 rings (SSSR count). The van der Waals surface area contributed by atoms with E-state index < -0.39 is 5.60 Å². The molecule has 0 unspecified atom stereocenters. The number of rotatable bonds is 7. The van der Waals surface area contributed by atoms with Crippen molar-refractivity contribution in [2.24, 2.45) is 0 Å². The number of phenols is 1. The van der Waals surface area contributed by atoms with Gasteiger partial charge in [0.1, 0.15) is 46.0 Å². The maximum atomic E-state index is 14.0. The molecule has 1 aromatic heterocycles. The summed E-state index contributed by atoms with van der Waals surface area (Å²) in [5.41, 5.74) is 2.72. The summed E-state index contributed by atoms with van der Waals surface area (Å²) in [6, 6.07) is 10.9. The Kier molecular flexibility index (Phi) is 6.76. The molecule has 0 fully saturated rings. The van der Waals surface area contributed by atoms with Crippen LogP contribution in [0.2, 0.25) is 0 Å². The Bertz CT molecular complexity index is 1700. The van der Waals surface area contributed by atoms with Crippen LogP contribution < -0.4 is 24.4 Å². The molecular weight excluding hydrogens is 496 g/mol. The molecule has 3 aromatic carbocycles. The number of benzene rings is 3. The Morgan fingerprint density at radius 2 is 1.82 bits per heavy atom. The summed E-state index contributed by atoms with van der Waals surface area (Å²) in [7, 11) is 3.16. The minimum atomic E-state index is -0.559. The fourth-order valence-corrected chi connectivity index (χ4v) is 4.78. The summed E-state index contributed by atoms with van der Waals surface area (Å²) < 4.78 is 29.7. The minimum absolute atomic E-state index is 0.0970. The van der Waals surface area contributed by atoms with Crippen LogP contribution >= 0.6 is 0 Å². The highest BCUT2D eigenvalue weighted by Gasteiger charge is 2.28. The standard InChI is InChI=1S/C32H32O7/c1-18(2)10-11-22-27-24(16-26(31(22)36-6)37-17-19-8-7-9-20(14-19)35-5)38-25-15-23-21(12-13-32(3,4)39-23)29(33)28(25)30(27)34/h7-10,12-16,33H,11,17H2,1-6H3. The minimum Gasteiger partial charge on any atom is -0.506 e. The SMILES string of the molecule is COc1cccc(COc2cc3oc4cc5c(c(O)c4c(=O)c3c(CC=C(C)C)c2OC)C=CC(C)(C)O5)c1. The Morgan fingerprint density at radius 3 is 2.54 bits per heavy atom. The average Bonchev–Trinajstić information content (AvgIpc) is 2.89. The third-order valence-corrected chi connectivity index (χ3v) is 6.72. The fraction of sp³-hybridized carbons (Fsp3) is 0.281. The molecular formula is C32H32O7. The number of aromatic hydroxyl groups is 1. The van der Waals surface area contributed by atoms with Gasteiger partial charge >= 0.3 is 0 Å². The first kappa shape index (κ1) is 26.2. The summed E-state index contributed by atoms with van der Waals surface area (Å²) in [5.74, 6) is 1.89. The van der Waals surface area contributed by atoms with Gasteiger partial charge in [-0.25, -0.2) is 0 Å². The smallest absolute Gasteiger partial charge is 0.204 e.